The highest BCUT2D eigenvalue weighted by molar-refractivity contribution is 6.37. The number of aromatic hydroxyl groups is 5. The van der Waals surface area contributed by atoms with Gasteiger partial charge < -0.3 is 35.3 Å². The number of phenols is 5. The fourth-order valence-electron chi connectivity index (χ4n) is 13.6. The van der Waals surface area contributed by atoms with Crippen LogP contribution in [0.3, 0.4) is 0 Å². The van der Waals surface area contributed by atoms with Crippen LogP contribution in [-0.2, 0) is 0 Å². The third-order valence-corrected chi connectivity index (χ3v) is 19.6. The minimum Gasteiger partial charge on any atom is -0.507 e. The molecular weight excluding hydrogens is 1090 g/mol. The minimum absolute atomic E-state index is 0.00643. The Bertz CT molecular complexity index is 4370. The molecule has 0 aliphatic heterocycles. The molecule has 10 heteroatoms. The SMILES string of the molecule is [B]c1c(C)c(O)c(C)c(C)c1-c1cc(-c2c(C)c(O)c(C)c(C)c2O)cc(N(c2cccc(F)c2)c2ccc3ccc4c(N(c5cccc(F)c5)c5cc(-c6c(C)c(C)c(C)c(C)c6O)cc(-c6c(C)c(C)c(C)c(C)c6O)c5)ccc5ccc2c3c54)c1. The molecule has 0 bridgehead atoms. The topological polar surface area (TPSA) is 108 Å². The summed E-state index contributed by atoms with van der Waals surface area (Å²) in [5, 5.41) is 64.8. The molecule has 2 radical (unpaired) electrons. The summed E-state index contributed by atoms with van der Waals surface area (Å²) in [7, 11) is 7.01. The van der Waals surface area contributed by atoms with Gasteiger partial charge in [0, 0.05) is 55.8 Å². The zero-order valence-corrected chi connectivity index (χ0v) is 52.2. The highest BCUT2D eigenvalue weighted by Crippen LogP contribution is 2.53. The fraction of sp³-hybridized carbons (Fsp3) is 0.179. The highest BCUT2D eigenvalue weighted by atomic mass is 19.1. The van der Waals surface area contributed by atoms with E-state index >= 15 is 8.78 Å². The number of nitrogens with zero attached hydrogens (tertiary/aromatic N) is 2. The maximum Gasteiger partial charge on any atom is 0.127 e. The zero-order chi connectivity index (χ0) is 63.0. The van der Waals surface area contributed by atoms with E-state index in [1.54, 1.807) is 39.8 Å². The smallest absolute Gasteiger partial charge is 0.127 e. The van der Waals surface area contributed by atoms with Gasteiger partial charge in [0.1, 0.15) is 48.2 Å². The summed E-state index contributed by atoms with van der Waals surface area (Å²) in [5.41, 5.74) is 20.1. The zero-order valence-electron chi connectivity index (χ0n) is 52.2. The Hall–Kier alpha value is -9.80. The molecule has 0 spiro atoms. The molecule has 0 saturated carbocycles. The molecule has 0 fully saturated rings. The van der Waals surface area contributed by atoms with Gasteiger partial charge in [0.2, 0.25) is 0 Å². The van der Waals surface area contributed by atoms with Crippen molar-refractivity contribution in [1.82, 2.24) is 0 Å². The van der Waals surface area contributed by atoms with Crippen molar-refractivity contribution in [3.63, 3.8) is 0 Å². The number of phenolic OH excluding ortho intramolecular Hbond substituents is 5. The second kappa shape index (κ2) is 21.6. The normalized spacial score (nSPS) is 11.7. The molecular formula is C78H69BF2N2O5. The Labute approximate surface area is 514 Å². The second-order valence-corrected chi connectivity index (χ2v) is 24.2. The lowest BCUT2D eigenvalue weighted by Gasteiger charge is -2.31. The van der Waals surface area contributed by atoms with Crippen LogP contribution in [-0.4, -0.2) is 33.4 Å². The van der Waals surface area contributed by atoms with E-state index in [-0.39, 0.29) is 28.7 Å². The average molecular weight is 1160 g/mol. The Morgan fingerprint density at radius 2 is 0.614 bits per heavy atom. The first-order chi connectivity index (χ1) is 41.8. The van der Waals surface area contributed by atoms with Crippen molar-refractivity contribution in [2.24, 2.45) is 0 Å². The van der Waals surface area contributed by atoms with Crippen molar-refractivity contribution in [1.29, 1.82) is 0 Å². The first-order valence-electron chi connectivity index (χ1n) is 29.6. The van der Waals surface area contributed by atoms with Crippen LogP contribution >= 0.6 is 0 Å². The Kier molecular flexibility index (Phi) is 14.4. The van der Waals surface area contributed by atoms with Crippen LogP contribution < -0.4 is 15.3 Å². The van der Waals surface area contributed by atoms with Gasteiger partial charge in [-0.25, -0.2) is 8.78 Å². The van der Waals surface area contributed by atoms with Crippen molar-refractivity contribution in [3.8, 4) is 73.3 Å². The molecule has 88 heavy (non-hydrogen) atoms. The largest absolute Gasteiger partial charge is 0.507 e. The van der Waals surface area contributed by atoms with Crippen molar-refractivity contribution in [2.75, 3.05) is 9.80 Å². The lowest BCUT2D eigenvalue weighted by Crippen LogP contribution is -2.16. The number of anilines is 6. The van der Waals surface area contributed by atoms with Crippen LogP contribution in [0, 0.1) is 109 Å². The first-order valence-corrected chi connectivity index (χ1v) is 29.6. The maximum absolute atomic E-state index is 16.0. The fourth-order valence-corrected chi connectivity index (χ4v) is 13.6. The predicted molar refractivity (Wildman–Crippen MR) is 361 cm³/mol. The number of hydrogen-bond acceptors (Lipinski definition) is 7. The van der Waals surface area contributed by atoms with E-state index < -0.39 is 11.6 Å². The van der Waals surface area contributed by atoms with Gasteiger partial charge in [-0.1, -0.05) is 54.0 Å². The molecule has 438 valence electrons. The number of halogens is 2. The van der Waals surface area contributed by atoms with Crippen molar-refractivity contribution >= 4 is 79.8 Å². The molecule has 0 atom stereocenters. The van der Waals surface area contributed by atoms with Crippen molar-refractivity contribution in [2.45, 2.75) is 96.9 Å². The van der Waals surface area contributed by atoms with Crippen LogP contribution in [0.1, 0.15) is 77.9 Å². The van der Waals surface area contributed by atoms with Crippen LogP contribution in [0.25, 0.3) is 76.8 Å². The van der Waals surface area contributed by atoms with Gasteiger partial charge >= 0.3 is 0 Å². The van der Waals surface area contributed by atoms with Crippen LogP contribution in [0.4, 0.5) is 42.9 Å². The van der Waals surface area contributed by atoms with Gasteiger partial charge in [-0.3, -0.25) is 0 Å². The van der Waals surface area contributed by atoms with Gasteiger partial charge in [-0.2, -0.15) is 0 Å². The van der Waals surface area contributed by atoms with Gasteiger partial charge in [-0.05, 0) is 304 Å². The van der Waals surface area contributed by atoms with Gasteiger partial charge in [-0.15, -0.1) is 0 Å². The summed E-state index contributed by atoms with van der Waals surface area (Å²) in [6.07, 6.45) is 0. The molecule has 7 nitrogen and oxygen atoms in total. The molecule has 0 aliphatic rings. The van der Waals surface area contributed by atoms with E-state index in [0.29, 0.717) is 106 Å². The Morgan fingerprint density at radius 1 is 0.295 bits per heavy atom. The van der Waals surface area contributed by atoms with E-state index in [0.717, 1.165) is 88.1 Å². The van der Waals surface area contributed by atoms with Gasteiger partial charge in [0.05, 0.1) is 11.4 Å². The molecule has 0 amide bonds. The number of rotatable bonds is 10. The standard InChI is InChI=1S/C78H69BF2N2O5/c1-37-39(3)44(8)76(86)68(41(37)5)54-30-55(69-42(6)38(2)40(4)45(9)77(69)87)33-62(32-54)83(60-20-16-18-58(81)36-60)66-28-24-52-21-25-63-65(27-23-51-22-26-64(66)72(52)71(51)63)82(59-19-15-17-57(80)35-59)61-31-53(67-43(7)46(10)75(85)50(14)73(67)79)29-56(34-61)70-49(13)74(84)47(11)48(12)78(70)88/h15-36,84-88H,1-14H3. The monoisotopic (exact) mass is 1160 g/mol. The quantitative estimate of drug-likeness (QED) is 0.0527. The van der Waals surface area contributed by atoms with Crippen molar-refractivity contribution < 1.29 is 34.3 Å². The Balaban J connectivity index is 1.16. The lowest BCUT2D eigenvalue weighted by atomic mass is 9.78. The van der Waals surface area contributed by atoms with E-state index in [1.807, 2.05) is 115 Å². The molecule has 0 aromatic heterocycles. The molecule has 0 aliphatic carbocycles. The molecule has 12 aromatic rings. The summed E-state index contributed by atoms with van der Waals surface area (Å²) in [6.45, 7) is 26.9. The average Bonchev–Trinajstić information content (AvgIpc) is 0.783. The molecule has 12 aromatic carbocycles. The van der Waals surface area contributed by atoms with Gasteiger partial charge in [0.15, 0.2) is 0 Å². The summed E-state index contributed by atoms with van der Waals surface area (Å²) >= 11 is 0. The predicted octanol–water partition coefficient (Wildman–Crippen LogP) is 20.1. The summed E-state index contributed by atoms with van der Waals surface area (Å²) in [6, 6.07) is 41.5. The van der Waals surface area contributed by atoms with Crippen LogP contribution in [0.15, 0.2) is 133 Å². The highest BCUT2D eigenvalue weighted by Gasteiger charge is 2.29. The minimum atomic E-state index is -0.459. The lowest BCUT2D eigenvalue weighted by molar-refractivity contribution is 0.451. The summed E-state index contributed by atoms with van der Waals surface area (Å²) < 4.78 is 32.1. The third kappa shape index (κ3) is 9.05. The Morgan fingerprint density at radius 3 is 1.02 bits per heavy atom. The first kappa shape index (κ1) is 58.6. The van der Waals surface area contributed by atoms with Crippen molar-refractivity contribution in [3.05, 3.63) is 223 Å². The van der Waals surface area contributed by atoms with Crippen LogP contribution in [0.2, 0.25) is 0 Å². The van der Waals surface area contributed by atoms with Gasteiger partial charge in [0.25, 0.3) is 0 Å². The van der Waals surface area contributed by atoms with E-state index in [2.05, 4.69) is 61.2 Å². The van der Waals surface area contributed by atoms with E-state index in [1.165, 1.54) is 24.3 Å². The molecule has 5 N–H and O–H groups in total. The number of benzene rings is 12. The number of hydrogen-bond donors (Lipinski definition) is 5. The van der Waals surface area contributed by atoms with E-state index in [9.17, 15) is 25.5 Å². The maximum atomic E-state index is 16.0. The molecule has 0 unspecified atom stereocenters. The summed E-state index contributed by atoms with van der Waals surface area (Å²) in [4.78, 5) is 4.06. The molecule has 0 saturated heterocycles. The third-order valence-electron chi connectivity index (χ3n) is 19.6. The molecule has 12 rings (SSSR count). The molecule has 0 heterocycles. The van der Waals surface area contributed by atoms with Crippen LogP contribution in [0.5, 0.6) is 28.7 Å². The second-order valence-electron chi connectivity index (χ2n) is 24.2. The van der Waals surface area contributed by atoms with E-state index in [4.69, 9.17) is 7.85 Å². The summed E-state index contributed by atoms with van der Waals surface area (Å²) in [5.74, 6) is -0.409.